The van der Waals surface area contributed by atoms with Crippen LogP contribution in [0.3, 0.4) is 0 Å². The van der Waals surface area contributed by atoms with Crippen LogP contribution in [0.1, 0.15) is 38.2 Å². The zero-order valence-corrected chi connectivity index (χ0v) is 24.5. The molecule has 1 amide bonds. The minimum Gasteiger partial charge on any atom is -0.423 e. The first-order valence-corrected chi connectivity index (χ1v) is 14.5. The van der Waals surface area contributed by atoms with E-state index in [0.29, 0.717) is 41.5 Å². The smallest absolute Gasteiger partial charge is 0.339 e. The number of aromatic nitrogens is 1. The minimum absolute atomic E-state index is 0.0961. The fourth-order valence-electron chi connectivity index (χ4n) is 6.12. The molecule has 0 bridgehead atoms. The number of hydrogen-bond donors (Lipinski definition) is 0. The van der Waals surface area contributed by atoms with Gasteiger partial charge in [-0.15, -0.1) is 0 Å². The number of esters is 1. The summed E-state index contributed by atoms with van der Waals surface area (Å²) in [6.07, 6.45) is 4.83. The number of hydrogen-bond acceptors (Lipinski definition) is 5. The Bertz CT molecular complexity index is 1420. The number of nitrogens with zero attached hydrogens (tertiary/aromatic N) is 3. The van der Waals surface area contributed by atoms with Crippen LogP contribution in [0, 0.1) is 17.2 Å². The number of rotatable bonds is 6. The number of amides is 1. The van der Waals surface area contributed by atoms with E-state index in [0.717, 1.165) is 24.5 Å². The maximum Gasteiger partial charge on any atom is 0.339 e. The van der Waals surface area contributed by atoms with E-state index >= 15 is 0 Å². The zero-order chi connectivity index (χ0) is 29.1. The molecule has 2 unspecified atom stereocenters. The molecule has 214 valence electrons. The van der Waals surface area contributed by atoms with E-state index in [4.69, 9.17) is 27.9 Å². The maximum atomic E-state index is 13.9. The van der Waals surface area contributed by atoms with Gasteiger partial charge in [-0.05, 0) is 73.9 Å². The van der Waals surface area contributed by atoms with Crippen LogP contribution in [0.5, 0.6) is 5.75 Å². The molecule has 9 heteroatoms. The third-order valence-corrected chi connectivity index (χ3v) is 8.78. The van der Waals surface area contributed by atoms with E-state index in [2.05, 4.69) is 9.88 Å². The van der Waals surface area contributed by atoms with Crippen LogP contribution in [0.25, 0.3) is 0 Å². The lowest BCUT2D eigenvalue weighted by Gasteiger charge is -2.34. The van der Waals surface area contributed by atoms with Gasteiger partial charge in [0, 0.05) is 60.2 Å². The molecule has 2 saturated heterocycles. The SMILES string of the molecule is CC=C(C(=O)Oc1ccc(F)cc1)C1(C)CN(C(=O)C2CCN(c3ccc(Cl)cn3)CC2)CC1c1ccc(Cl)cc1. The van der Waals surface area contributed by atoms with Crippen LogP contribution in [-0.2, 0) is 9.59 Å². The van der Waals surface area contributed by atoms with Crippen molar-refractivity contribution in [3.63, 3.8) is 0 Å². The van der Waals surface area contributed by atoms with Crippen LogP contribution in [0.4, 0.5) is 10.2 Å². The summed E-state index contributed by atoms with van der Waals surface area (Å²) in [6, 6.07) is 16.6. The van der Waals surface area contributed by atoms with Crippen molar-refractivity contribution >= 4 is 40.9 Å². The van der Waals surface area contributed by atoms with Crippen molar-refractivity contribution in [3.8, 4) is 5.75 Å². The second-order valence-electron chi connectivity index (χ2n) is 10.9. The highest BCUT2D eigenvalue weighted by Gasteiger charge is 2.50. The summed E-state index contributed by atoms with van der Waals surface area (Å²) in [5, 5.41) is 1.21. The number of carbonyl (C=O) groups is 2. The summed E-state index contributed by atoms with van der Waals surface area (Å²) in [7, 11) is 0. The van der Waals surface area contributed by atoms with E-state index in [1.807, 2.05) is 48.2 Å². The Balaban J connectivity index is 1.35. The third kappa shape index (κ3) is 6.26. The molecule has 0 radical (unpaired) electrons. The fourth-order valence-corrected chi connectivity index (χ4v) is 6.35. The van der Waals surface area contributed by atoms with Crippen LogP contribution >= 0.6 is 23.2 Å². The summed E-state index contributed by atoms with van der Waals surface area (Å²) < 4.78 is 19.1. The highest BCUT2D eigenvalue weighted by Crippen LogP contribution is 2.49. The van der Waals surface area contributed by atoms with Crippen LogP contribution in [-0.4, -0.2) is 47.9 Å². The molecule has 3 aromatic rings. The number of benzene rings is 2. The molecule has 3 heterocycles. The largest absolute Gasteiger partial charge is 0.423 e. The number of likely N-dealkylation sites (tertiary alicyclic amines) is 1. The minimum atomic E-state index is -0.719. The van der Waals surface area contributed by atoms with Gasteiger partial charge in [-0.1, -0.05) is 48.3 Å². The van der Waals surface area contributed by atoms with Gasteiger partial charge in [0.05, 0.1) is 5.02 Å². The van der Waals surface area contributed by atoms with Crippen molar-refractivity contribution in [3.05, 3.63) is 99.9 Å². The first kappa shape index (κ1) is 29.1. The van der Waals surface area contributed by atoms with Gasteiger partial charge in [-0.2, -0.15) is 0 Å². The Kier molecular flexibility index (Phi) is 8.66. The zero-order valence-electron chi connectivity index (χ0n) is 23.0. The van der Waals surface area contributed by atoms with E-state index in [-0.39, 0.29) is 23.5 Å². The Morgan fingerprint density at radius 3 is 2.27 bits per heavy atom. The Hall–Kier alpha value is -3.42. The van der Waals surface area contributed by atoms with E-state index in [1.54, 1.807) is 19.2 Å². The number of piperidine rings is 1. The van der Waals surface area contributed by atoms with Crippen molar-refractivity contribution in [2.75, 3.05) is 31.1 Å². The molecule has 2 fully saturated rings. The van der Waals surface area contributed by atoms with E-state index < -0.39 is 17.2 Å². The lowest BCUT2D eigenvalue weighted by molar-refractivity contribution is -0.136. The van der Waals surface area contributed by atoms with Gasteiger partial charge in [0.1, 0.15) is 17.4 Å². The predicted octanol–water partition coefficient (Wildman–Crippen LogP) is 6.93. The molecular weight excluding hydrogens is 564 g/mol. The van der Waals surface area contributed by atoms with Crippen molar-refractivity contribution < 1.29 is 18.7 Å². The monoisotopic (exact) mass is 595 g/mol. The predicted molar refractivity (Wildman–Crippen MR) is 159 cm³/mol. The van der Waals surface area contributed by atoms with Crippen molar-refractivity contribution in [1.29, 1.82) is 0 Å². The number of anilines is 1. The van der Waals surface area contributed by atoms with Gasteiger partial charge in [0.2, 0.25) is 5.91 Å². The lowest BCUT2D eigenvalue weighted by atomic mass is 9.70. The summed E-state index contributed by atoms with van der Waals surface area (Å²) in [5.74, 6) is 0.00830. The molecule has 5 rings (SSSR count). The van der Waals surface area contributed by atoms with Gasteiger partial charge in [0.25, 0.3) is 0 Å². The lowest BCUT2D eigenvalue weighted by Crippen LogP contribution is -2.43. The highest BCUT2D eigenvalue weighted by molar-refractivity contribution is 6.30. The van der Waals surface area contributed by atoms with Gasteiger partial charge in [0.15, 0.2) is 0 Å². The van der Waals surface area contributed by atoms with Crippen molar-refractivity contribution in [1.82, 2.24) is 9.88 Å². The first-order valence-electron chi connectivity index (χ1n) is 13.7. The summed E-state index contributed by atoms with van der Waals surface area (Å²) >= 11 is 12.2. The molecular formula is C32H32Cl2FN3O3. The molecule has 2 aliphatic rings. The van der Waals surface area contributed by atoms with E-state index in [1.165, 1.54) is 24.3 Å². The number of carbonyl (C=O) groups excluding carboxylic acids is 2. The summed E-state index contributed by atoms with van der Waals surface area (Å²) in [4.78, 5) is 35.9. The normalized spacial score (nSPS) is 21.7. The fraction of sp³-hybridized carbons (Fsp3) is 0.344. The molecule has 0 saturated carbocycles. The maximum absolute atomic E-state index is 13.9. The Morgan fingerprint density at radius 2 is 1.66 bits per heavy atom. The molecule has 0 aliphatic carbocycles. The average Bonchev–Trinajstić information content (AvgIpc) is 3.33. The molecule has 2 aliphatic heterocycles. The second-order valence-corrected chi connectivity index (χ2v) is 11.8. The van der Waals surface area contributed by atoms with Crippen LogP contribution < -0.4 is 9.64 Å². The van der Waals surface area contributed by atoms with Crippen molar-refractivity contribution in [2.45, 2.75) is 32.6 Å². The molecule has 6 nitrogen and oxygen atoms in total. The van der Waals surface area contributed by atoms with Gasteiger partial charge in [-0.3, -0.25) is 4.79 Å². The summed E-state index contributed by atoms with van der Waals surface area (Å²) in [6.45, 7) is 6.10. The average molecular weight is 597 g/mol. The van der Waals surface area contributed by atoms with E-state index in [9.17, 15) is 14.0 Å². The van der Waals surface area contributed by atoms with Gasteiger partial charge < -0.3 is 14.5 Å². The second kappa shape index (κ2) is 12.2. The number of ether oxygens (including phenoxy) is 1. The molecule has 41 heavy (non-hydrogen) atoms. The van der Waals surface area contributed by atoms with Gasteiger partial charge >= 0.3 is 5.97 Å². The molecule has 1 aromatic heterocycles. The first-order chi connectivity index (χ1) is 19.7. The number of halogens is 3. The number of allylic oxidation sites excluding steroid dienone is 1. The Morgan fingerprint density at radius 1 is 1.00 bits per heavy atom. The standard InChI is InChI=1S/C32H32Cl2FN3O3/c1-3-27(31(40)41-26-11-9-25(35)10-12-26)32(2)20-38(19-28(32)21-4-6-23(33)7-5-21)30(39)22-14-16-37(17-15-22)29-13-8-24(34)18-36-29/h3-13,18,22,28H,14-17,19-20H2,1-2H3. The molecule has 2 aromatic carbocycles. The summed E-state index contributed by atoms with van der Waals surface area (Å²) in [5.41, 5.74) is 0.744. The number of pyridine rings is 1. The molecule has 0 N–H and O–H groups in total. The van der Waals surface area contributed by atoms with Crippen LogP contribution in [0.15, 0.2) is 78.5 Å². The highest BCUT2D eigenvalue weighted by atomic mass is 35.5. The van der Waals surface area contributed by atoms with Crippen LogP contribution in [0.2, 0.25) is 10.0 Å². The molecule has 0 spiro atoms. The third-order valence-electron chi connectivity index (χ3n) is 8.30. The Labute approximate surface area is 249 Å². The topological polar surface area (TPSA) is 62.7 Å². The quantitative estimate of drug-likeness (QED) is 0.176. The van der Waals surface area contributed by atoms with Gasteiger partial charge in [-0.25, -0.2) is 14.2 Å². The van der Waals surface area contributed by atoms with Crippen molar-refractivity contribution in [2.24, 2.45) is 11.3 Å². The molecule has 2 atom stereocenters.